The minimum Gasteiger partial charge on any atom is -0.493 e. The lowest BCUT2D eigenvalue weighted by atomic mass is 10.3. The molecule has 1 atom stereocenters. The highest BCUT2D eigenvalue weighted by Crippen LogP contribution is 2.09. The summed E-state index contributed by atoms with van der Waals surface area (Å²) in [6.07, 6.45) is 2.53. The Labute approximate surface area is 79.0 Å². The smallest absolute Gasteiger partial charge is 0.160 e. The van der Waals surface area contributed by atoms with Crippen LogP contribution >= 0.6 is 0 Å². The molecule has 0 saturated heterocycles. The molecule has 0 spiro atoms. The average Bonchev–Trinajstić information content (AvgIpc) is 2.11. The van der Waals surface area contributed by atoms with E-state index in [9.17, 15) is 0 Å². The fourth-order valence-electron chi connectivity index (χ4n) is 0.726. The van der Waals surface area contributed by atoms with Crippen LogP contribution in [-0.4, -0.2) is 24.9 Å². The molecule has 0 fully saturated rings. The van der Waals surface area contributed by atoms with Crippen LogP contribution in [-0.2, 0) is 9.47 Å². The van der Waals surface area contributed by atoms with Crippen molar-refractivity contribution in [1.29, 1.82) is 0 Å². The van der Waals surface area contributed by atoms with Gasteiger partial charge in [-0.1, -0.05) is 13.2 Å². The number of allylic oxidation sites excluding steroid dienone is 2. The second-order valence-corrected chi connectivity index (χ2v) is 2.50. The lowest BCUT2D eigenvalue weighted by molar-refractivity contribution is 0.0822. The van der Waals surface area contributed by atoms with E-state index >= 15 is 0 Å². The molecule has 0 radical (unpaired) electrons. The van der Waals surface area contributed by atoms with Crippen molar-refractivity contribution < 1.29 is 14.6 Å². The quantitative estimate of drug-likeness (QED) is 0.503. The van der Waals surface area contributed by atoms with Crippen molar-refractivity contribution in [2.24, 2.45) is 0 Å². The summed E-state index contributed by atoms with van der Waals surface area (Å²) in [5.41, 5.74) is 0. The van der Waals surface area contributed by atoms with E-state index in [1.54, 1.807) is 6.92 Å². The highest BCUT2D eigenvalue weighted by atomic mass is 16.5. The van der Waals surface area contributed by atoms with Crippen molar-refractivity contribution in [3.8, 4) is 0 Å². The topological polar surface area (TPSA) is 38.7 Å². The zero-order valence-electron chi connectivity index (χ0n) is 8.12. The summed E-state index contributed by atoms with van der Waals surface area (Å²) < 4.78 is 10.2. The van der Waals surface area contributed by atoms with Crippen LogP contribution in [0.3, 0.4) is 0 Å². The molecule has 0 aliphatic carbocycles. The fraction of sp³-hybridized carbons (Fsp3) is 0.400. The number of hydrogen-bond acceptors (Lipinski definition) is 3. The first-order valence-corrected chi connectivity index (χ1v) is 3.99. The molecule has 0 aromatic heterocycles. The standard InChI is InChI=1S/C10H16O3/c1-5-9(12-4)10(6-2)13-7-8(3)11/h5-6,8,11H,1-2,7H2,3-4H3/b10-9-. The molecule has 3 nitrogen and oxygen atoms in total. The van der Waals surface area contributed by atoms with Crippen molar-refractivity contribution in [2.45, 2.75) is 13.0 Å². The third-order valence-corrected chi connectivity index (χ3v) is 1.31. The molecule has 0 bridgehead atoms. The van der Waals surface area contributed by atoms with Gasteiger partial charge in [0.25, 0.3) is 0 Å². The van der Waals surface area contributed by atoms with E-state index in [0.717, 1.165) is 0 Å². The van der Waals surface area contributed by atoms with Crippen LogP contribution in [0.5, 0.6) is 0 Å². The Morgan fingerprint density at radius 3 is 2.23 bits per heavy atom. The molecular formula is C10H16O3. The summed E-state index contributed by atoms with van der Waals surface area (Å²) >= 11 is 0. The predicted molar refractivity (Wildman–Crippen MR) is 52.1 cm³/mol. The molecule has 0 heterocycles. The molecule has 0 aliphatic heterocycles. The number of methoxy groups -OCH3 is 1. The average molecular weight is 184 g/mol. The van der Waals surface area contributed by atoms with Gasteiger partial charge < -0.3 is 14.6 Å². The number of hydrogen-bond donors (Lipinski definition) is 1. The third-order valence-electron chi connectivity index (χ3n) is 1.31. The molecule has 0 amide bonds. The Bertz CT molecular complexity index is 204. The maximum Gasteiger partial charge on any atom is 0.160 e. The van der Waals surface area contributed by atoms with Crippen molar-refractivity contribution in [1.82, 2.24) is 0 Å². The van der Waals surface area contributed by atoms with E-state index in [1.807, 2.05) is 0 Å². The third kappa shape index (κ3) is 4.38. The summed E-state index contributed by atoms with van der Waals surface area (Å²) in [6.45, 7) is 8.97. The van der Waals surface area contributed by atoms with Gasteiger partial charge in [0.2, 0.25) is 0 Å². The van der Waals surface area contributed by atoms with Gasteiger partial charge in [-0.05, 0) is 19.1 Å². The number of aliphatic hydroxyl groups is 1. The SMILES string of the molecule is C=C/C(OC)=C(\C=C)OCC(C)O. The Morgan fingerprint density at radius 2 is 1.92 bits per heavy atom. The van der Waals surface area contributed by atoms with Crippen LogP contribution in [0, 0.1) is 0 Å². The zero-order valence-corrected chi connectivity index (χ0v) is 8.12. The molecule has 0 saturated carbocycles. The Kier molecular flexibility index (Phi) is 5.72. The Morgan fingerprint density at radius 1 is 1.38 bits per heavy atom. The first-order valence-electron chi connectivity index (χ1n) is 3.99. The first-order chi connectivity index (χ1) is 6.15. The monoisotopic (exact) mass is 184 g/mol. The molecule has 0 aromatic rings. The van der Waals surface area contributed by atoms with E-state index in [0.29, 0.717) is 11.5 Å². The van der Waals surface area contributed by atoms with Crippen molar-refractivity contribution in [3.05, 3.63) is 36.8 Å². The van der Waals surface area contributed by atoms with Crippen LogP contribution in [0.4, 0.5) is 0 Å². The normalized spacial score (nSPS) is 14.1. The molecule has 1 unspecified atom stereocenters. The molecule has 3 heteroatoms. The summed E-state index contributed by atoms with van der Waals surface area (Å²) in [5, 5.41) is 8.98. The van der Waals surface area contributed by atoms with E-state index in [4.69, 9.17) is 14.6 Å². The molecule has 74 valence electrons. The van der Waals surface area contributed by atoms with Gasteiger partial charge in [-0.25, -0.2) is 0 Å². The summed E-state index contributed by atoms with van der Waals surface area (Å²) in [5.74, 6) is 0.994. The van der Waals surface area contributed by atoms with Gasteiger partial charge in [0.05, 0.1) is 13.2 Å². The lowest BCUT2D eigenvalue weighted by Crippen LogP contribution is -2.10. The van der Waals surface area contributed by atoms with Gasteiger partial charge in [-0.15, -0.1) is 0 Å². The number of ether oxygens (including phenoxy) is 2. The summed E-state index contributed by atoms with van der Waals surface area (Å²) in [4.78, 5) is 0. The van der Waals surface area contributed by atoms with Crippen LogP contribution < -0.4 is 0 Å². The second-order valence-electron chi connectivity index (χ2n) is 2.50. The van der Waals surface area contributed by atoms with Gasteiger partial charge in [-0.2, -0.15) is 0 Å². The highest BCUT2D eigenvalue weighted by Gasteiger charge is 2.03. The predicted octanol–water partition coefficient (Wildman–Crippen LogP) is 1.61. The van der Waals surface area contributed by atoms with Crippen molar-refractivity contribution in [3.63, 3.8) is 0 Å². The van der Waals surface area contributed by atoms with Crippen LogP contribution in [0.25, 0.3) is 0 Å². The fourth-order valence-corrected chi connectivity index (χ4v) is 0.726. The van der Waals surface area contributed by atoms with Crippen LogP contribution in [0.15, 0.2) is 36.8 Å². The van der Waals surface area contributed by atoms with Gasteiger partial charge in [-0.3, -0.25) is 0 Å². The van der Waals surface area contributed by atoms with E-state index in [1.165, 1.54) is 19.3 Å². The Hall–Kier alpha value is -1.22. The maximum absolute atomic E-state index is 8.98. The van der Waals surface area contributed by atoms with Gasteiger partial charge in [0, 0.05) is 0 Å². The van der Waals surface area contributed by atoms with Crippen molar-refractivity contribution >= 4 is 0 Å². The molecule has 13 heavy (non-hydrogen) atoms. The minimum atomic E-state index is -0.516. The molecular weight excluding hydrogens is 168 g/mol. The number of aliphatic hydroxyl groups excluding tert-OH is 1. The zero-order chi connectivity index (χ0) is 10.3. The van der Waals surface area contributed by atoms with Gasteiger partial charge >= 0.3 is 0 Å². The van der Waals surface area contributed by atoms with Gasteiger partial charge in [0.1, 0.15) is 6.61 Å². The van der Waals surface area contributed by atoms with Crippen molar-refractivity contribution in [2.75, 3.05) is 13.7 Å². The summed E-state index contributed by atoms with van der Waals surface area (Å²) in [7, 11) is 1.52. The lowest BCUT2D eigenvalue weighted by Gasteiger charge is -2.11. The highest BCUT2D eigenvalue weighted by molar-refractivity contribution is 5.21. The molecule has 0 aliphatic rings. The largest absolute Gasteiger partial charge is 0.493 e. The molecule has 0 aromatic carbocycles. The van der Waals surface area contributed by atoms with E-state index < -0.39 is 6.10 Å². The van der Waals surface area contributed by atoms with Crippen LogP contribution in [0.2, 0.25) is 0 Å². The van der Waals surface area contributed by atoms with Gasteiger partial charge in [0.15, 0.2) is 11.5 Å². The maximum atomic E-state index is 8.98. The summed E-state index contributed by atoms with van der Waals surface area (Å²) in [6, 6.07) is 0. The second kappa shape index (κ2) is 6.31. The number of rotatable bonds is 6. The minimum absolute atomic E-state index is 0.210. The molecule has 0 rings (SSSR count). The van der Waals surface area contributed by atoms with E-state index in [2.05, 4.69) is 13.2 Å². The Balaban J connectivity index is 4.38. The molecule has 1 N–H and O–H groups in total. The van der Waals surface area contributed by atoms with Crippen LogP contribution in [0.1, 0.15) is 6.92 Å². The first kappa shape index (κ1) is 11.8. The van der Waals surface area contributed by atoms with E-state index in [-0.39, 0.29) is 6.61 Å².